The number of nitrogens with two attached hydrogens (primary N) is 2. The minimum Gasteiger partial charge on any atom is -0.475 e. The van der Waals surface area contributed by atoms with Gasteiger partial charge in [0.05, 0.1) is 4.90 Å². The third kappa shape index (κ3) is 7.30. The molecule has 0 aliphatic heterocycles. The quantitative estimate of drug-likeness (QED) is 0.168. The van der Waals surface area contributed by atoms with Gasteiger partial charge in [-0.3, -0.25) is 10.2 Å². The monoisotopic (exact) mass is 575 g/mol. The molecule has 0 atom stereocenters. The number of carbonyl (C=O) groups excluding carboxylic acids is 1. The van der Waals surface area contributed by atoms with Crippen LogP contribution in [0.5, 0.6) is 0 Å². The van der Waals surface area contributed by atoms with Gasteiger partial charge in [-0.05, 0) is 29.8 Å². The number of carboxylic acids is 1. The van der Waals surface area contributed by atoms with Crippen molar-refractivity contribution in [3.63, 3.8) is 0 Å². The fourth-order valence-corrected chi connectivity index (χ4v) is 4.09. The lowest BCUT2D eigenvalue weighted by Gasteiger charge is -2.10. The number of aliphatic carboxylic acids is 1. The Labute approximate surface area is 224 Å². The van der Waals surface area contributed by atoms with Gasteiger partial charge >= 0.3 is 12.1 Å². The number of nitrogens with zero attached hydrogens (tertiary/aromatic N) is 1. The summed E-state index contributed by atoms with van der Waals surface area (Å²) in [6, 6.07) is 19.9. The zero-order chi connectivity index (χ0) is 29.7. The van der Waals surface area contributed by atoms with Crippen molar-refractivity contribution in [3.8, 4) is 22.4 Å². The number of rotatable bonds is 6. The molecular formula is C25H20F3N5O6S. The van der Waals surface area contributed by atoms with Crippen molar-refractivity contribution in [1.82, 2.24) is 5.16 Å². The van der Waals surface area contributed by atoms with Crippen molar-refractivity contribution < 1.29 is 40.8 Å². The maximum atomic E-state index is 12.9. The van der Waals surface area contributed by atoms with Crippen LogP contribution in [0.4, 0.5) is 18.9 Å². The number of aromatic nitrogens is 1. The molecule has 15 heteroatoms. The molecule has 0 radical (unpaired) electrons. The van der Waals surface area contributed by atoms with Gasteiger partial charge in [-0.25, -0.2) is 18.4 Å². The summed E-state index contributed by atoms with van der Waals surface area (Å²) in [5, 5.41) is 26.7. The van der Waals surface area contributed by atoms with E-state index in [1.807, 2.05) is 0 Å². The van der Waals surface area contributed by atoms with Crippen LogP contribution in [0.25, 0.3) is 22.4 Å². The molecule has 7 N–H and O–H groups in total. The molecule has 0 spiro atoms. The molecule has 208 valence electrons. The largest absolute Gasteiger partial charge is 0.490 e. The Balaban J connectivity index is 0.000000559. The van der Waals surface area contributed by atoms with Gasteiger partial charge in [-0.1, -0.05) is 53.7 Å². The molecular weight excluding hydrogens is 555 g/mol. The first-order chi connectivity index (χ1) is 18.7. The third-order valence-corrected chi connectivity index (χ3v) is 6.12. The summed E-state index contributed by atoms with van der Waals surface area (Å²) in [5.41, 5.74) is 8.72. The Morgan fingerprint density at radius 2 is 1.60 bits per heavy atom. The molecule has 0 bridgehead atoms. The number of hydrogen-bond donors (Lipinski definition) is 5. The number of nitrogen functional groups attached to an aromatic ring is 1. The first kappa shape index (κ1) is 29.5. The van der Waals surface area contributed by atoms with Gasteiger partial charge in [0, 0.05) is 22.4 Å². The zero-order valence-corrected chi connectivity index (χ0v) is 21.0. The Bertz CT molecular complexity index is 1670. The van der Waals surface area contributed by atoms with E-state index in [2.05, 4.69) is 10.5 Å². The first-order valence-corrected chi connectivity index (χ1v) is 12.5. The molecule has 0 aliphatic carbocycles. The van der Waals surface area contributed by atoms with Crippen LogP contribution in [0.2, 0.25) is 0 Å². The Morgan fingerprint density at radius 3 is 2.17 bits per heavy atom. The number of sulfonamides is 1. The van der Waals surface area contributed by atoms with Gasteiger partial charge in [-0.15, -0.1) is 0 Å². The zero-order valence-electron chi connectivity index (χ0n) is 20.1. The highest BCUT2D eigenvalue weighted by Gasteiger charge is 2.38. The molecule has 0 saturated heterocycles. The lowest BCUT2D eigenvalue weighted by atomic mass is 10.0. The standard InChI is InChI=1S/C23H19N5O4S.C2HF3O2/c24-22(25)16-5-3-4-15(12-16)21-19(13-32-28-21)23(29)27-17-10-8-14(9-11-17)18-6-1-2-7-20(18)33(26,30)31;3-2(4,5)1(6)7/h1-13H,(H3,24,25)(H,27,29)(H2,26,30,31);(H,6,7). The van der Waals surface area contributed by atoms with Gasteiger partial charge in [0.15, 0.2) is 0 Å². The SMILES string of the molecule is N=C(N)c1cccc(-c2nocc2C(=O)Nc2ccc(-c3ccccc3S(N)(=O)=O)cc2)c1.O=C(O)C(F)(F)F. The highest BCUT2D eigenvalue weighted by Crippen LogP contribution is 2.28. The average Bonchev–Trinajstić information content (AvgIpc) is 3.39. The number of primary sulfonamides is 1. The number of anilines is 1. The van der Waals surface area contributed by atoms with Crippen molar-refractivity contribution in [2.45, 2.75) is 11.1 Å². The maximum absolute atomic E-state index is 12.9. The lowest BCUT2D eigenvalue weighted by molar-refractivity contribution is -0.192. The van der Waals surface area contributed by atoms with Crippen LogP contribution < -0.4 is 16.2 Å². The van der Waals surface area contributed by atoms with E-state index in [0.717, 1.165) is 0 Å². The number of nitrogens with one attached hydrogen (secondary N) is 2. The van der Waals surface area contributed by atoms with E-state index in [0.29, 0.717) is 33.6 Å². The Hall–Kier alpha value is -5.02. The molecule has 1 aromatic heterocycles. The minimum absolute atomic E-state index is 0.0173. The van der Waals surface area contributed by atoms with Crippen molar-refractivity contribution in [2.75, 3.05) is 5.32 Å². The van der Waals surface area contributed by atoms with Crippen LogP contribution >= 0.6 is 0 Å². The number of halogens is 3. The number of amides is 1. The van der Waals surface area contributed by atoms with Gasteiger partial charge in [0.2, 0.25) is 10.0 Å². The molecule has 1 heterocycles. The van der Waals surface area contributed by atoms with E-state index in [4.69, 9.17) is 30.7 Å². The molecule has 4 rings (SSSR count). The number of carboxylic acid groups (broad SMARTS) is 1. The molecule has 0 fully saturated rings. The summed E-state index contributed by atoms with van der Waals surface area (Å²) in [6.45, 7) is 0. The van der Waals surface area contributed by atoms with Crippen LogP contribution in [-0.2, 0) is 14.8 Å². The van der Waals surface area contributed by atoms with E-state index < -0.39 is 28.1 Å². The Morgan fingerprint density at radius 1 is 0.975 bits per heavy atom. The predicted molar refractivity (Wildman–Crippen MR) is 138 cm³/mol. The molecule has 11 nitrogen and oxygen atoms in total. The van der Waals surface area contributed by atoms with Crippen molar-refractivity contribution in [3.05, 3.63) is 90.2 Å². The Kier molecular flexibility index (Phi) is 8.71. The van der Waals surface area contributed by atoms with E-state index >= 15 is 0 Å². The second-order valence-corrected chi connectivity index (χ2v) is 9.48. The third-order valence-electron chi connectivity index (χ3n) is 5.15. The summed E-state index contributed by atoms with van der Waals surface area (Å²) in [5.74, 6) is -3.31. The van der Waals surface area contributed by atoms with Gasteiger partial charge < -0.3 is 20.7 Å². The van der Waals surface area contributed by atoms with Gasteiger partial charge in [0.25, 0.3) is 5.91 Å². The van der Waals surface area contributed by atoms with Crippen molar-refractivity contribution in [1.29, 1.82) is 5.41 Å². The van der Waals surface area contributed by atoms with Crippen molar-refractivity contribution in [2.24, 2.45) is 10.9 Å². The minimum atomic E-state index is -5.08. The number of benzene rings is 3. The van der Waals surface area contributed by atoms with E-state index in [1.165, 1.54) is 12.3 Å². The normalized spacial score (nSPS) is 11.2. The number of carbonyl (C=O) groups is 2. The molecule has 3 aromatic carbocycles. The molecule has 0 aliphatic rings. The molecule has 4 aromatic rings. The topological polar surface area (TPSA) is 202 Å². The molecule has 0 unspecified atom stereocenters. The maximum Gasteiger partial charge on any atom is 0.490 e. The second kappa shape index (κ2) is 11.8. The number of amidine groups is 1. The lowest BCUT2D eigenvalue weighted by Crippen LogP contribution is -2.21. The van der Waals surface area contributed by atoms with Gasteiger partial charge in [0.1, 0.15) is 23.4 Å². The second-order valence-electron chi connectivity index (χ2n) is 7.95. The summed E-state index contributed by atoms with van der Waals surface area (Å²) >= 11 is 0. The van der Waals surface area contributed by atoms with Gasteiger partial charge in [-0.2, -0.15) is 13.2 Å². The summed E-state index contributed by atoms with van der Waals surface area (Å²) in [7, 11) is -3.89. The van der Waals surface area contributed by atoms with Crippen LogP contribution in [0.15, 0.2) is 88.5 Å². The average molecular weight is 576 g/mol. The first-order valence-electron chi connectivity index (χ1n) is 10.9. The van der Waals surface area contributed by atoms with Crippen LogP contribution in [0.1, 0.15) is 15.9 Å². The molecule has 40 heavy (non-hydrogen) atoms. The van der Waals surface area contributed by atoms with E-state index in [1.54, 1.807) is 66.7 Å². The number of hydrogen-bond acceptors (Lipinski definition) is 7. The van der Waals surface area contributed by atoms with Crippen LogP contribution in [0.3, 0.4) is 0 Å². The smallest absolute Gasteiger partial charge is 0.475 e. The summed E-state index contributed by atoms with van der Waals surface area (Å²) in [4.78, 5) is 21.8. The predicted octanol–water partition coefficient (Wildman–Crippen LogP) is 3.83. The highest BCUT2D eigenvalue weighted by atomic mass is 32.2. The molecule has 1 amide bonds. The molecule has 0 saturated carbocycles. The van der Waals surface area contributed by atoms with Crippen molar-refractivity contribution >= 4 is 33.4 Å². The number of alkyl halides is 3. The van der Waals surface area contributed by atoms with E-state index in [9.17, 15) is 26.4 Å². The summed E-state index contributed by atoms with van der Waals surface area (Å²) in [6.07, 6.45) is -3.85. The fraction of sp³-hybridized carbons (Fsp3) is 0.0400. The van der Waals surface area contributed by atoms with E-state index in [-0.39, 0.29) is 16.3 Å². The van der Waals surface area contributed by atoms with Crippen LogP contribution in [-0.4, -0.2) is 42.6 Å². The fourth-order valence-electron chi connectivity index (χ4n) is 3.32. The summed E-state index contributed by atoms with van der Waals surface area (Å²) < 4.78 is 60.5. The highest BCUT2D eigenvalue weighted by molar-refractivity contribution is 7.89. The van der Waals surface area contributed by atoms with Crippen LogP contribution in [0, 0.1) is 5.41 Å².